The van der Waals surface area contributed by atoms with Crippen molar-refractivity contribution in [1.82, 2.24) is 15.5 Å². The average Bonchev–Trinajstić information content (AvgIpc) is 2.89. The highest BCUT2D eigenvalue weighted by Gasteiger charge is 2.11. The van der Waals surface area contributed by atoms with Crippen LogP contribution in [0.5, 0.6) is 0 Å². The van der Waals surface area contributed by atoms with Crippen LogP contribution in [0.4, 0.5) is 11.7 Å². The van der Waals surface area contributed by atoms with E-state index in [1.807, 2.05) is 26.1 Å². The minimum absolute atomic E-state index is 0.0509. The van der Waals surface area contributed by atoms with E-state index < -0.39 is 0 Å². The Morgan fingerprint density at radius 2 is 1.95 bits per heavy atom. The Labute approximate surface area is 113 Å². The molecule has 1 aromatic heterocycles. The maximum Gasteiger partial charge on any atom is 0.320 e. The molecule has 0 fully saturated rings. The van der Waals surface area contributed by atoms with Gasteiger partial charge in [-0.25, -0.2) is 0 Å². The summed E-state index contributed by atoms with van der Waals surface area (Å²) in [5.74, 6) is 0.576. The third kappa shape index (κ3) is 3.54. The summed E-state index contributed by atoms with van der Waals surface area (Å²) in [6.45, 7) is 4.14. The van der Waals surface area contributed by atoms with Crippen LogP contribution in [0.1, 0.15) is 37.8 Å². The first kappa shape index (κ1) is 13.5. The van der Waals surface area contributed by atoms with Crippen molar-refractivity contribution in [3.63, 3.8) is 0 Å². The Morgan fingerprint density at radius 1 is 1.21 bits per heavy atom. The summed E-state index contributed by atoms with van der Waals surface area (Å²) in [5.41, 5.74) is 2.29. The summed E-state index contributed by atoms with van der Waals surface area (Å²) >= 11 is 0. The molecule has 0 spiro atoms. The first-order valence-electron chi connectivity index (χ1n) is 6.59. The molecule has 2 N–H and O–H groups in total. The minimum atomic E-state index is 0.0509. The maximum atomic E-state index is 5.52. The smallest absolute Gasteiger partial charge is 0.320 e. The van der Waals surface area contributed by atoms with Crippen LogP contribution in [0.15, 0.2) is 28.7 Å². The van der Waals surface area contributed by atoms with Gasteiger partial charge in [-0.1, -0.05) is 30.6 Å². The van der Waals surface area contributed by atoms with Crippen LogP contribution in [-0.2, 0) is 6.42 Å². The first-order chi connectivity index (χ1) is 9.22. The third-order valence-corrected chi connectivity index (χ3v) is 2.99. The fourth-order valence-corrected chi connectivity index (χ4v) is 1.75. The Balaban J connectivity index is 2.02. The van der Waals surface area contributed by atoms with Crippen molar-refractivity contribution in [2.45, 2.75) is 32.7 Å². The summed E-state index contributed by atoms with van der Waals surface area (Å²) < 4.78 is 5.52. The van der Waals surface area contributed by atoms with Gasteiger partial charge in [-0.2, -0.15) is 0 Å². The van der Waals surface area contributed by atoms with E-state index in [-0.39, 0.29) is 6.04 Å². The van der Waals surface area contributed by atoms with E-state index in [0.717, 1.165) is 18.5 Å². The fourth-order valence-electron chi connectivity index (χ4n) is 1.75. The van der Waals surface area contributed by atoms with Crippen LogP contribution < -0.4 is 10.6 Å². The highest BCUT2D eigenvalue weighted by atomic mass is 16.4. The average molecular weight is 260 g/mol. The molecule has 0 aliphatic carbocycles. The zero-order chi connectivity index (χ0) is 13.7. The zero-order valence-corrected chi connectivity index (χ0v) is 11.6. The second kappa shape index (κ2) is 6.33. The van der Waals surface area contributed by atoms with Gasteiger partial charge < -0.3 is 15.1 Å². The molecular weight excluding hydrogens is 240 g/mol. The molecule has 102 valence electrons. The van der Waals surface area contributed by atoms with E-state index in [1.165, 1.54) is 5.56 Å². The van der Waals surface area contributed by atoms with E-state index in [2.05, 4.69) is 39.9 Å². The Morgan fingerprint density at radius 3 is 2.58 bits per heavy atom. The van der Waals surface area contributed by atoms with Crippen LogP contribution in [-0.4, -0.2) is 17.2 Å². The van der Waals surface area contributed by atoms with Gasteiger partial charge >= 0.3 is 6.01 Å². The van der Waals surface area contributed by atoms with E-state index in [4.69, 9.17) is 4.42 Å². The fraction of sp³-hybridized carbons (Fsp3) is 0.429. The predicted molar refractivity (Wildman–Crippen MR) is 75.5 cm³/mol. The molecule has 0 saturated heterocycles. The highest BCUT2D eigenvalue weighted by Crippen LogP contribution is 2.18. The number of aromatic nitrogens is 2. The summed E-state index contributed by atoms with van der Waals surface area (Å²) in [5, 5.41) is 14.1. The number of hydrogen-bond acceptors (Lipinski definition) is 5. The molecular formula is C14H20N4O. The Hall–Kier alpha value is -1.88. The quantitative estimate of drug-likeness (QED) is 0.835. The summed E-state index contributed by atoms with van der Waals surface area (Å²) in [6.07, 6.45) is 2.26. The van der Waals surface area contributed by atoms with Crippen molar-refractivity contribution in [2.75, 3.05) is 12.4 Å². The van der Waals surface area contributed by atoms with Gasteiger partial charge in [-0.05, 0) is 38.1 Å². The molecule has 0 bridgehead atoms. The lowest BCUT2D eigenvalue weighted by Crippen LogP contribution is -2.12. The van der Waals surface area contributed by atoms with Crippen molar-refractivity contribution >= 4 is 11.7 Å². The van der Waals surface area contributed by atoms with E-state index in [9.17, 15) is 0 Å². The van der Waals surface area contributed by atoms with Crippen LogP contribution in [0.25, 0.3) is 0 Å². The number of nitrogens with one attached hydrogen (secondary N) is 2. The monoisotopic (exact) mass is 260 g/mol. The second-order valence-corrected chi connectivity index (χ2v) is 4.53. The molecule has 1 atom stereocenters. The maximum absolute atomic E-state index is 5.52. The molecule has 19 heavy (non-hydrogen) atoms. The SMILES string of the molecule is CCCc1ccc(Nc2nnc(C(C)NC)o2)cc1. The number of benzene rings is 1. The topological polar surface area (TPSA) is 63.0 Å². The molecule has 1 aromatic carbocycles. The molecule has 0 aliphatic rings. The second-order valence-electron chi connectivity index (χ2n) is 4.53. The standard InChI is InChI=1S/C14H20N4O/c1-4-5-11-6-8-12(9-7-11)16-14-18-17-13(19-14)10(2)15-3/h6-10,15H,4-5H2,1-3H3,(H,16,18). The summed E-state index contributed by atoms with van der Waals surface area (Å²) in [4.78, 5) is 0. The van der Waals surface area contributed by atoms with E-state index in [1.54, 1.807) is 0 Å². The van der Waals surface area contributed by atoms with Crippen molar-refractivity contribution in [2.24, 2.45) is 0 Å². The molecule has 1 unspecified atom stereocenters. The van der Waals surface area contributed by atoms with E-state index in [0.29, 0.717) is 11.9 Å². The lowest BCUT2D eigenvalue weighted by Gasteiger charge is -2.04. The normalized spacial score (nSPS) is 12.4. The number of aryl methyl sites for hydroxylation is 1. The van der Waals surface area contributed by atoms with Gasteiger partial charge in [0.15, 0.2) is 0 Å². The highest BCUT2D eigenvalue weighted by molar-refractivity contribution is 5.52. The molecule has 2 aromatic rings. The van der Waals surface area contributed by atoms with Crippen molar-refractivity contribution in [1.29, 1.82) is 0 Å². The third-order valence-electron chi connectivity index (χ3n) is 2.99. The molecule has 5 heteroatoms. The van der Waals surface area contributed by atoms with Gasteiger partial charge in [0, 0.05) is 5.69 Å². The van der Waals surface area contributed by atoms with Crippen molar-refractivity contribution in [3.05, 3.63) is 35.7 Å². The summed E-state index contributed by atoms with van der Waals surface area (Å²) in [6, 6.07) is 8.74. The van der Waals surface area contributed by atoms with Crippen LogP contribution in [0, 0.1) is 0 Å². The molecule has 0 radical (unpaired) electrons. The number of hydrogen-bond donors (Lipinski definition) is 2. The predicted octanol–water partition coefficient (Wildman–Crippen LogP) is 3.05. The largest absolute Gasteiger partial charge is 0.406 e. The number of anilines is 2. The minimum Gasteiger partial charge on any atom is -0.406 e. The lowest BCUT2D eigenvalue weighted by atomic mass is 10.1. The van der Waals surface area contributed by atoms with Crippen LogP contribution in [0.2, 0.25) is 0 Å². The number of rotatable bonds is 6. The van der Waals surface area contributed by atoms with Gasteiger partial charge in [0.1, 0.15) is 0 Å². The molecule has 5 nitrogen and oxygen atoms in total. The van der Waals surface area contributed by atoms with Crippen molar-refractivity contribution in [3.8, 4) is 0 Å². The Kier molecular flexibility index (Phi) is 4.52. The number of nitrogens with zero attached hydrogens (tertiary/aromatic N) is 2. The van der Waals surface area contributed by atoms with Gasteiger partial charge in [-0.15, -0.1) is 5.10 Å². The van der Waals surface area contributed by atoms with Crippen LogP contribution in [0.3, 0.4) is 0 Å². The van der Waals surface area contributed by atoms with Crippen LogP contribution >= 0.6 is 0 Å². The molecule has 0 saturated carbocycles. The van der Waals surface area contributed by atoms with Gasteiger partial charge in [0.25, 0.3) is 0 Å². The molecule has 0 aliphatic heterocycles. The molecule has 2 rings (SSSR count). The summed E-state index contributed by atoms with van der Waals surface area (Å²) in [7, 11) is 1.86. The Bertz CT molecular complexity index is 506. The van der Waals surface area contributed by atoms with Gasteiger partial charge in [0.2, 0.25) is 5.89 Å². The van der Waals surface area contributed by atoms with Gasteiger partial charge in [-0.3, -0.25) is 0 Å². The lowest BCUT2D eigenvalue weighted by molar-refractivity contribution is 0.443. The molecule has 0 amide bonds. The molecule has 1 heterocycles. The zero-order valence-electron chi connectivity index (χ0n) is 11.6. The van der Waals surface area contributed by atoms with Gasteiger partial charge in [0.05, 0.1) is 6.04 Å². The van der Waals surface area contributed by atoms with E-state index >= 15 is 0 Å². The first-order valence-corrected chi connectivity index (χ1v) is 6.59. The van der Waals surface area contributed by atoms with Crippen molar-refractivity contribution < 1.29 is 4.42 Å².